The van der Waals surface area contributed by atoms with E-state index in [9.17, 15) is 0 Å². The molecular weight excluding hydrogens is 276 g/mol. The van der Waals surface area contributed by atoms with E-state index in [0.29, 0.717) is 0 Å². The third-order valence-electron chi connectivity index (χ3n) is 2.18. The fourth-order valence-corrected chi connectivity index (χ4v) is 1.13. The summed E-state index contributed by atoms with van der Waals surface area (Å²) in [7, 11) is 0. The Labute approximate surface area is 133 Å². The Hall–Kier alpha value is -0.0557. The summed E-state index contributed by atoms with van der Waals surface area (Å²) in [5.74, 6) is 0. The third kappa shape index (κ3) is 17.9. The SMILES string of the molecule is CC[O-].CC[O-].CC[O-].Cc1c[c-](C)c(C)c1C.[Ti+4]. The minimum atomic E-state index is 0. The average Bonchev–Trinajstić information content (AvgIpc) is 2.49. The van der Waals surface area contributed by atoms with Gasteiger partial charge in [-0.3, -0.25) is 0 Å². The van der Waals surface area contributed by atoms with Crippen molar-refractivity contribution in [1.29, 1.82) is 0 Å². The minimum Gasteiger partial charge on any atom is -0.855 e. The fraction of sp³-hybridized carbons (Fsp3) is 0.667. The first kappa shape index (κ1) is 27.3. The Kier molecular flexibility index (Phi) is 29.1. The largest absolute Gasteiger partial charge is 4.00 e. The first-order valence-electron chi connectivity index (χ1n) is 6.31. The smallest absolute Gasteiger partial charge is 0.855 e. The Morgan fingerprint density at radius 3 is 1.21 bits per heavy atom. The maximum absolute atomic E-state index is 8.93. The predicted octanol–water partition coefficient (Wildman–Crippen LogP) is 0.736. The standard InChI is InChI=1S/C9H13.3C2H5O.Ti/c1-6-5-7(2)9(4)8(6)3;3*1-2-3;/h5H,1-4H3;3*2H2,1H3;/q4*-1;+4. The van der Waals surface area contributed by atoms with Gasteiger partial charge in [-0.05, 0) is 0 Å². The first-order chi connectivity index (χ1) is 8.37. The Balaban J connectivity index is -0.0000000956. The van der Waals surface area contributed by atoms with E-state index in [1.54, 1.807) is 20.8 Å². The van der Waals surface area contributed by atoms with E-state index in [1.165, 1.54) is 22.3 Å². The van der Waals surface area contributed by atoms with Crippen LogP contribution in [0.3, 0.4) is 0 Å². The number of aryl methyl sites for hydroxylation is 2. The van der Waals surface area contributed by atoms with Crippen molar-refractivity contribution >= 4 is 0 Å². The van der Waals surface area contributed by atoms with Gasteiger partial charge in [0.2, 0.25) is 0 Å². The molecule has 0 heterocycles. The van der Waals surface area contributed by atoms with Gasteiger partial charge in [0.05, 0.1) is 0 Å². The molecule has 0 saturated heterocycles. The summed E-state index contributed by atoms with van der Waals surface area (Å²) in [6.45, 7) is 13.4. The Bertz CT molecular complexity index is 243. The molecule has 0 aliphatic rings. The molecule has 110 valence electrons. The second-order valence-electron chi connectivity index (χ2n) is 3.63. The van der Waals surface area contributed by atoms with Crippen molar-refractivity contribution in [1.82, 2.24) is 0 Å². The predicted molar refractivity (Wildman–Crippen MR) is 72.6 cm³/mol. The monoisotopic (exact) mass is 304 g/mol. The Morgan fingerprint density at radius 1 is 0.895 bits per heavy atom. The van der Waals surface area contributed by atoms with Gasteiger partial charge in [-0.15, -0.1) is 19.8 Å². The van der Waals surface area contributed by atoms with E-state index in [0.717, 1.165) is 0 Å². The molecule has 0 aromatic heterocycles. The van der Waals surface area contributed by atoms with Crippen LogP contribution in [0.15, 0.2) is 6.07 Å². The van der Waals surface area contributed by atoms with Crippen molar-refractivity contribution in [3.63, 3.8) is 0 Å². The molecule has 4 heteroatoms. The summed E-state index contributed by atoms with van der Waals surface area (Å²) in [6, 6.07) is 2.24. The van der Waals surface area contributed by atoms with Gasteiger partial charge in [0.1, 0.15) is 0 Å². The Morgan fingerprint density at radius 2 is 1.16 bits per heavy atom. The van der Waals surface area contributed by atoms with Crippen LogP contribution in [-0.2, 0) is 21.7 Å². The first-order valence-corrected chi connectivity index (χ1v) is 6.31. The summed E-state index contributed by atoms with van der Waals surface area (Å²) >= 11 is 0. The second kappa shape index (κ2) is 20.3. The molecule has 0 fully saturated rings. The summed E-state index contributed by atoms with van der Waals surface area (Å²) in [5, 5.41) is 26.8. The zero-order valence-electron chi connectivity index (χ0n) is 13.4. The molecular formula is C15H28O3Ti. The normalized spacial score (nSPS) is 7.68. The molecule has 19 heavy (non-hydrogen) atoms. The van der Waals surface area contributed by atoms with Crippen molar-refractivity contribution in [3.05, 3.63) is 28.3 Å². The second-order valence-corrected chi connectivity index (χ2v) is 3.63. The van der Waals surface area contributed by atoms with Gasteiger partial charge in [0, 0.05) is 0 Å². The molecule has 0 radical (unpaired) electrons. The molecule has 0 N–H and O–H groups in total. The van der Waals surface area contributed by atoms with Gasteiger partial charge in [0.25, 0.3) is 0 Å². The van der Waals surface area contributed by atoms with Gasteiger partial charge in [0.15, 0.2) is 0 Å². The molecule has 0 atom stereocenters. The van der Waals surface area contributed by atoms with Crippen LogP contribution >= 0.6 is 0 Å². The molecule has 0 bridgehead atoms. The molecule has 1 aromatic carbocycles. The average molecular weight is 304 g/mol. The van der Waals surface area contributed by atoms with Gasteiger partial charge >= 0.3 is 21.7 Å². The summed E-state index contributed by atoms with van der Waals surface area (Å²) in [5.41, 5.74) is 5.75. The number of hydrogen-bond donors (Lipinski definition) is 0. The van der Waals surface area contributed by atoms with Gasteiger partial charge in [-0.2, -0.15) is 28.3 Å². The van der Waals surface area contributed by atoms with Crippen molar-refractivity contribution in [2.75, 3.05) is 19.8 Å². The minimum absolute atomic E-state index is 0. The van der Waals surface area contributed by atoms with Crippen molar-refractivity contribution < 1.29 is 37.0 Å². The number of hydrogen-bond acceptors (Lipinski definition) is 3. The zero-order valence-corrected chi connectivity index (χ0v) is 15.0. The van der Waals surface area contributed by atoms with Crippen LogP contribution in [0, 0.1) is 27.7 Å². The molecule has 1 aromatic rings. The maximum Gasteiger partial charge on any atom is 4.00 e. The van der Waals surface area contributed by atoms with Gasteiger partial charge in [-0.25, -0.2) is 0 Å². The molecule has 0 amide bonds. The molecule has 0 spiro atoms. The van der Waals surface area contributed by atoms with Crippen LogP contribution in [0.1, 0.15) is 43.0 Å². The van der Waals surface area contributed by atoms with E-state index < -0.39 is 0 Å². The fourth-order valence-electron chi connectivity index (χ4n) is 1.13. The zero-order chi connectivity index (χ0) is 15.1. The van der Waals surface area contributed by atoms with Crippen LogP contribution in [-0.4, -0.2) is 19.8 Å². The third-order valence-corrected chi connectivity index (χ3v) is 2.18. The molecule has 1 rings (SSSR count). The topological polar surface area (TPSA) is 69.2 Å². The van der Waals surface area contributed by atoms with Crippen LogP contribution in [0.2, 0.25) is 0 Å². The number of rotatable bonds is 0. The van der Waals surface area contributed by atoms with Crippen LogP contribution in [0.4, 0.5) is 0 Å². The van der Waals surface area contributed by atoms with Crippen molar-refractivity contribution in [3.8, 4) is 0 Å². The quantitative estimate of drug-likeness (QED) is 0.524. The molecule has 3 nitrogen and oxygen atoms in total. The van der Waals surface area contributed by atoms with Crippen molar-refractivity contribution in [2.45, 2.75) is 48.5 Å². The summed E-state index contributed by atoms with van der Waals surface area (Å²) < 4.78 is 0. The van der Waals surface area contributed by atoms with E-state index in [2.05, 4.69) is 33.8 Å². The van der Waals surface area contributed by atoms with E-state index in [1.807, 2.05) is 0 Å². The molecule has 0 unspecified atom stereocenters. The van der Waals surface area contributed by atoms with Gasteiger partial charge in [-0.1, -0.05) is 48.5 Å². The summed E-state index contributed by atoms with van der Waals surface area (Å²) in [6.07, 6.45) is 0. The van der Waals surface area contributed by atoms with Crippen LogP contribution in [0.5, 0.6) is 0 Å². The van der Waals surface area contributed by atoms with Crippen LogP contribution in [0.25, 0.3) is 0 Å². The van der Waals surface area contributed by atoms with Crippen LogP contribution < -0.4 is 15.3 Å². The molecule has 0 aliphatic carbocycles. The van der Waals surface area contributed by atoms with E-state index in [-0.39, 0.29) is 41.5 Å². The molecule has 0 aliphatic heterocycles. The van der Waals surface area contributed by atoms with Gasteiger partial charge < -0.3 is 15.3 Å². The van der Waals surface area contributed by atoms with E-state index >= 15 is 0 Å². The maximum atomic E-state index is 8.93. The van der Waals surface area contributed by atoms with Crippen molar-refractivity contribution in [2.24, 2.45) is 0 Å². The van der Waals surface area contributed by atoms with E-state index in [4.69, 9.17) is 15.3 Å². The summed E-state index contributed by atoms with van der Waals surface area (Å²) in [4.78, 5) is 0. The molecule has 0 saturated carbocycles.